The summed E-state index contributed by atoms with van der Waals surface area (Å²) in [6.07, 6.45) is 4.63. The second kappa shape index (κ2) is 6.13. The largest absolute Gasteiger partial charge is 0.342 e. The summed E-state index contributed by atoms with van der Waals surface area (Å²) in [4.78, 5) is 32.0. The molecule has 2 aliphatic rings. The summed E-state index contributed by atoms with van der Waals surface area (Å²) in [6, 6.07) is 1.99. The minimum absolute atomic E-state index is 0.0166. The van der Waals surface area contributed by atoms with Crippen LogP contribution in [0.3, 0.4) is 0 Å². The first kappa shape index (κ1) is 16.1. The molecule has 132 valence electrons. The number of rotatable bonds is 1. The number of amides is 1. The van der Waals surface area contributed by atoms with Crippen molar-refractivity contribution in [1.82, 2.24) is 24.2 Å². The summed E-state index contributed by atoms with van der Waals surface area (Å²) in [5.74, 6) is 0.945. The molecule has 0 aliphatic carbocycles. The van der Waals surface area contributed by atoms with Gasteiger partial charge in [-0.15, -0.1) is 0 Å². The predicted octanol–water partition coefficient (Wildman–Crippen LogP) is 0.475. The molecule has 0 spiro atoms. The average molecular weight is 341 g/mol. The van der Waals surface area contributed by atoms with Crippen LogP contribution in [0.4, 0.5) is 0 Å². The Hall–Kier alpha value is -2.44. The molecule has 0 bridgehead atoms. The van der Waals surface area contributed by atoms with Crippen LogP contribution in [0.25, 0.3) is 0 Å². The van der Waals surface area contributed by atoms with E-state index >= 15 is 0 Å². The van der Waals surface area contributed by atoms with Crippen LogP contribution in [0.5, 0.6) is 0 Å². The van der Waals surface area contributed by atoms with E-state index in [1.807, 2.05) is 22.6 Å². The normalized spacial score (nSPS) is 19.9. The minimum atomic E-state index is 0.0166. The molecule has 4 heterocycles. The third-order valence-electron chi connectivity index (χ3n) is 5.55. The quantitative estimate of drug-likeness (QED) is 0.756. The highest BCUT2D eigenvalue weighted by Crippen LogP contribution is 2.23. The van der Waals surface area contributed by atoms with Crippen LogP contribution in [0, 0.1) is 12.8 Å². The van der Waals surface area contributed by atoms with Crippen molar-refractivity contribution >= 4 is 5.91 Å². The van der Waals surface area contributed by atoms with E-state index in [9.17, 15) is 9.59 Å². The second-order valence-electron chi connectivity index (χ2n) is 7.01. The number of nitrogens with zero attached hydrogens (tertiary/aromatic N) is 5. The van der Waals surface area contributed by atoms with Gasteiger partial charge in [-0.05, 0) is 25.8 Å². The van der Waals surface area contributed by atoms with Crippen LogP contribution in [-0.4, -0.2) is 43.2 Å². The van der Waals surface area contributed by atoms with Crippen molar-refractivity contribution in [3.8, 4) is 0 Å². The molecular formula is C18H23N5O2. The van der Waals surface area contributed by atoms with Gasteiger partial charge in [0.05, 0.1) is 5.69 Å². The molecular weight excluding hydrogens is 318 g/mol. The van der Waals surface area contributed by atoms with E-state index < -0.39 is 0 Å². The molecule has 2 aromatic rings. The van der Waals surface area contributed by atoms with Crippen molar-refractivity contribution < 1.29 is 4.79 Å². The Morgan fingerprint density at radius 2 is 2.04 bits per heavy atom. The molecule has 0 saturated heterocycles. The number of carbonyl (C=O) groups excluding carboxylic acids is 1. The standard InChI is InChI=1S/C18H23N5O2/c1-12-20-16-6-9-22(8-5-15(16)18(25)21(12)2)17(24)13-4-10-23-14(11-13)3-7-19-23/h3,7,13H,4-6,8-11H2,1-2H3. The van der Waals surface area contributed by atoms with Crippen LogP contribution >= 0.6 is 0 Å². The van der Waals surface area contributed by atoms with Crippen LogP contribution in [0.15, 0.2) is 17.1 Å². The van der Waals surface area contributed by atoms with Gasteiger partial charge < -0.3 is 4.90 Å². The van der Waals surface area contributed by atoms with Gasteiger partial charge >= 0.3 is 0 Å². The molecule has 0 aromatic carbocycles. The van der Waals surface area contributed by atoms with Crippen LogP contribution in [0.2, 0.25) is 0 Å². The fourth-order valence-corrected chi connectivity index (χ4v) is 3.92. The van der Waals surface area contributed by atoms with Crippen molar-refractivity contribution in [3.63, 3.8) is 0 Å². The molecule has 1 atom stereocenters. The summed E-state index contributed by atoms with van der Waals surface area (Å²) < 4.78 is 3.58. The molecule has 0 saturated carbocycles. The average Bonchev–Trinajstić information content (AvgIpc) is 2.98. The maximum absolute atomic E-state index is 13.0. The fraction of sp³-hybridized carbons (Fsp3) is 0.556. The van der Waals surface area contributed by atoms with Gasteiger partial charge in [-0.3, -0.25) is 18.8 Å². The molecule has 25 heavy (non-hydrogen) atoms. The first-order valence-corrected chi connectivity index (χ1v) is 8.89. The van der Waals surface area contributed by atoms with E-state index in [4.69, 9.17) is 0 Å². The maximum atomic E-state index is 13.0. The van der Waals surface area contributed by atoms with Gasteiger partial charge in [0.25, 0.3) is 5.56 Å². The Morgan fingerprint density at radius 1 is 1.24 bits per heavy atom. The molecule has 0 fully saturated rings. The van der Waals surface area contributed by atoms with E-state index in [-0.39, 0.29) is 17.4 Å². The molecule has 7 heteroatoms. The Labute approximate surface area is 146 Å². The van der Waals surface area contributed by atoms with Crippen molar-refractivity contribution in [2.45, 2.75) is 39.2 Å². The van der Waals surface area contributed by atoms with E-state index in [0.717, 1.165) is 42.2 Å². The highest BCUT2D eigenvalue weighted by molar-refractivity contribution is 5.79. The smallest absolute Gasteiger partial charge is 0.256 e. The number of hydrogen-bond donors (Lipinski definition) is 0. The number of fused-ring (bicyclic) bond motifs is 2. The lowest BCUT2D eigenvalue weighted by atomic mass is 9.94. The number of aryl methyl sites for hydroxylation is 2. The van der Waals surface area contributed by atoms with Gasteiger partial charge in [0.1, 0.15) is 5.82 Å². The van der Waals surface area contributed by atoms with Crippen LogP contribution in [-0.2, 0) is 37.6 Å². The SMILES string of the molecule is Cc1nc2c(c(=O)n1C)CCN(C(=O)C1CCn3nccc3C1)CC2. The van der Waals surface area contributed by atoms with E-state index in [0.29, 0.717) is 25.9 Å². The third kappa shape index (κ3) is 2.77. The molecule has 7 nitrogen and oxygen atoms in total. The monoisotopic (exact) mass is 341 g/mol. The summed E-state index contributed by atoms with van der Waals surface area (Å²) in [7, 11) is 1.75. The molecule has 4 rings (SSSR count). The van der Waals surface area contributed by atoms with Crippen molar-refractivity contribution in [1.29, 1.82) is 0 Å². The first-order chi connectivity index (χ1) is 12.0. The Bertz CT molecular complexity index is 882. The zero-order chi connectivity index (χ0) is 17.6. The molecule has 0 radical (unpaired) electrons. The van der Waals surface area contributed by atoms with E-state index in [1.54, 1.807) is 17.8 Å². The highest BCUT2D eigenvalue weighted by Gasteiger charge is 2.30. The van der Waals surface area contributed by atoms with Gasteiger partial charge in [0, 0.05) is 62.9 Å². The Balaban J connectivity index is 1.51. The van der Waals surface area contributed by atoms with Gasteiger partial charge in [0.15, 0.2) is 0 Å². The summed E-state index contributed by atoms with van der Waals surface area (Å²) in [5.41, 5.74) is 2.79. The number of aromatic nitrogens is 4. The van der Waals surface area contributed by atoms with Gasteiger partial charge in [-0.1, -0.05) is 0 Å². The van der Waals surface area contributed by atoms with Crippen LogP contribution in [0.1, 0.15) is 29.2 Å². The lowest BCUT2D eigenvalue weighted by molar-refractivity contribution is -0.136. The number of hydrogen-bond acceptors (Lipinski definition) is 4. The molecule has 2 aliphatic heterocycles. The van der Waals surface area contributed by atoms with E-state index in [2.05, 4.69) is 10.1 Å². The first-order valence-electron chi connectivity index (χ1n) is 8.89. The summed E-state index contributed by atoms with van der Waals surface area (Å²) in [5, 5.41) is 4.28. The zero-order valence-electron chi connectivity index (χ0n) is 14.7. The summed E-state index contributed by atoms with van der Waals surface area (Å²) in [6.45, 7) is 3.89. The van der Waals surface area contributed by atoms with Crippen molar-refractivity contribution in [2.75, 3.05) is 13.1 Å². The predicted molar refractivity (Wildman–Crippen MR) is 92.2 cm³/mol. The molecule has 1 amide bonds. The van der Waals surface area contributed by atoms with Gasteiger partial charge in [-0.2, -0.15) is 5.10 Å². The Morgan fingerprint density at radius 3 is 2.88 bits per heavy atom. The van der Waals surface area contributed by atoms with Gasteiger partial charge in [0.2, 0.25) is 5.91 Å². The molecule has 2 aromatic heterocycles. The summed E-state index contributed by atoms with van der Waals surface area (Å²) >= 11 is 0. The minimum Gasteiger partial charge on any atom is -0.342 e. The van der Waals surface area contributed by atoms with Crippen molar-refractivity contribution in [3.05, 3.63) is 45.4 Å². The zero-order valence-corrected chi connectivity index (χ0v) is 14.7. The third-order valence-corrected chi connectivity index (χ3v) is 5.55. The van der Waals surface area contributed by atoms with Crippen molar-refractivity contribution in [2.24, 2.45) is 13.0 Å². The van der Waals surface area contributed by atoms with E-state index in [1.165, 1.54) is 0 Å². The lowest BCUT2D eigenvalue weighted by Crippen LogP contribution is -2.40. The van der Waals surface area contributed by atoms with Crippen LogP contribution < -0.4 is 5.56 Å². The topological polar surface area (TPSA) is 73.0 Å². The number of carbonyl (C=O) groups is 1. The highest BCUT2D eigenvalue weighted by atomic mass is 16.2. The lowest BCUT2D eigenvalue weighted by Gasteiger charge is -2.28. The fourth-order valence-electron chi connectivity index (χ4n) is 3.92. The van der Waals surface area contributed by atoms with Gasteiger partial charge in [-0.25, -0.2) is 4.98 Å². The maximum Gasteiger partial charge on any atom is 0.256 e. The molecule has 0 N–H and O–H groups in total. The second-order valence-corrected chi connectivity index (χ2v) is 7.01. The Kier molecular flexibility index (Phi) is 3.94. The molecule has 1 unspecified atom stereocenters.